The fourth-order valence-electron chi connectivity index (χ4n) is 2.57. The van der Waals surface area contributed by atoms with E-state index in [1.165, 1.54) is 0 Å². The summed E-state index contributed by atoms with van der Waals surface area (Å²) >= 11 is 0. The highest BCUT2D eigenvalue weighted by molar-refractivity contribution is 6.05. The van der Waals surface area contributed by atoms with Crippen LogP contribution in [0.4, 0.5) is 5.69 Å². The summed E-state index contributed by atoms with van der Waals surface area (Å²) in [6.07, 6.45) is 3.37. The second-order valence-corrected chi connectivity index (χ2v) is 5.62. The number of carbonyl (C=O) groups is 1. The number of benzene rings is 2. The summed E-state index contributed by atoms with van der Waals surface area (Å²) in [4.78, 5) is 20.8. The smallest absolute Gasteiger partial charge is 0.255 e. The molecule has 26 heavy (non-hydrogen) atoms. The molecule has 0 fully saturated rings. The standard InChI is InChI=1S/C20H15N3O3/c1-25-16-5-2-13(3-6-16)19(24)22-15-4-7-18-17(12-15)23-20(26-18)14-8-10-21-11-9-14/h2-12H,1H3,(H,22,24). The summed E-state index contributed by atoms with van der Waals surface area (Å²) in [7, 11) is 1.59. The lowest BCUT2D eigenvalue weighted by Gasteiger charge is -2.06. The van der Waals surface area contributed by atoms with E-state index in [-0.39, 0.29) is 5.91 Å². The molecule has 0 saturated carbocycles. The second kappa shape index (κ2) is 6.68. The number of methoxy groups -OCH3 is 1. The number of fused-ring (bicyclic) bond motifs is 1. The van der Waals surface area contributed by atoms with E-state index >= 15 is 0 Å². The van der Waals surface area contributed by atoms with E-state index in [1.807, 2.05) is 12.1 Å². The number of nitrogens with zero attached hydrogens (tertiary/aromatic N) is 2. The van der Waals surface area contributed by atoms with Gasteiger partial charge in [-0.25, -0.2) is 4.98 Å². The van der Waals surface area contributed by atoms with E-state index in [0.29, 0.717) is 34.0 Å². The number of carbonyl (C=O) groups excluding carboxylic acids is 1. The van der Waals surface area contributed by atoms with Crippen molar-refractivity contribution >= 4 is 22.7 Å². The molecule has 4 rings (SSSR count). The maximum Gasteiger partial charge on any atom is 0.255 e. The van der Waals surface area contributed by atoms with Crippen LogP contribution in [-0.4, -0.2) is 23.0 Å². The van der Waals surface area contributed by atoms with Gasteiger partial charge >= 0.3 is 0 Å². The van der Waals surface area contributed by atoms with Gasteiger partial charge in [-0.3, -0.25) is 9.78 Å². The molecule has 4 aromatic rings. The van der Waals surface area contributed by atoms with Gasteiger partial charge in [0.05, 0.1) is 7.11 Å². The van der Waals surface area contributed by atoms with Crippen LogP contribution in [0.1, 0.15) is 10.4 Å². The van der Waals surface area contributed by atoms with Gasteiger partial charge in [-0.05, 0) is 54.6 Å². The zero-order valence-electron chi connectivity index (χ0n) is 14.0. The summed E-state index contributed by atoms with van der Waals surface area (Å²) in [6, 6.07) is 15.9. The minimum Gasteiger partial charge on any atom is -0.497 e. The molecule has 2 heterocycles. The van der Waals surface area contributed by atoms with Crippen molar-refractivity contribution in [3.8, 4) is 17.2 Å². The number of oxazole rings is 1. The van der Waals surface area contributed by atoms with Crippen molar-refractivity contribution in [2.75, 3.05) is 12.4 Å². The molecule has 0 atom stereocenters. The number of nitrogens with one attached hydrogen (secondary N) is 1. The quantitative estimate of drug-likeness (QED) is 0.601. The average molecular weight is 345 g/mol. The average Bonchev–Trinajstić information content (AvgIpc) is 3.12. The Morgan fingerprint density at radius 3 is 2.54 bits per heavy atom. The molecule has 0 aliphatic carbocycles. The molecular weight excluding hydrogens is 330 g/mol. The lowest BCUT2D eigenvalue weighted by Crippen LogP contribution is -2.11. The molecule has 0 bridgehead atoms. The Bertz CT molecular complexity index is 1060. The molecule has 0 saturated heterocycles. The topological polar surface area (TPSA) is 77.2 Å². The Hall–Kier alpha value is -3.67. The number of aromatic nitrogens is 2. The summed E-state index contributed by atoms with van der Waals surface area (Å²) in [5.74, 6) is 1.01. The summed E-state index contributed by atoms with van der Waals surface area (Å²) in [5, 5.41) is 2.87. The number of anilines is 1. The van der Waals surface area contributed by atoms with E-state index in [4.69, 9.17) is 9.15 Å². The van der Waals surface area contributed by atoms with Gasteiger partial charge in [0.2, 0.25) is 5.89 Å². The molecule has 0 aliphatic heterocycles. The molecule has 6 heteroatoms. The third-order valence-electron chi connectivity index (χ3n) is 3.92. The summed E-state index contributed by atoms with van der Waals surface area (Å²) in [6.45, 7) is 0. The van der Waals surface area contributed by atoms with Crippen LogP contribution in [0.25, 0.3) is 22.6 Å². The van der Waals surface area contributed by atoms with E-state index in [0.717, 1.165) is 5.56 Å². The van der Waals surface area contributed by atoms with Crippen molar-refractivity contribution in [2.45, 2.75) is 0 Å². The highest BCUT2D eigenvalue weighted by Crippen LogP contribution is 2.26. The normalized spacial score (nSPS) is 10.7. The Morgan fingerprint density at radius 1 is 1.04 bits per heavy atom. The number of ether oxygens (including phenoxy) is 1. The summed E-state index contributed by atoms with van der Waals surface area (Å²) < 4.78 is 10.9. The van der Waals surface area contributed by atoms with Crippen molar-refractivity contribution in [1.29, 1.82) is 0 Å². The van der Waals surface area contributed by atoms with E-state index in [2.05, 4.69) is 15.3 Å². The Morgan fingerprint density at radius 2 is 1.81 bits per heavy atom. The number of hydrogen-bond acceptors (Lipinski definition) is 5. The van der Waals surface area contributed by atoms with Gasteiger partial charge in [-0.15, -0.1) is 0 Å². The van der Waals surface area contributed by atoms with Gasteiger partial charge in [0.15, 0.2) is 5.58 Å². The van der Waals surface area contributed by atoms with Crippen molar-refractivity contribution in [2.24, 2.45) is 0 Å². The fourth-order valence-corrected chi connectivity index (χ4v) is 2.57. The molecule has 128 valence electrons. The van der Waals surface area contributed by atoms with E-state index < -0.39 is 0 Å². The van der Waals surface area contributed by atoms with Crippen molar-refractivity contribution in [3.63, 3.8) is 0 Å². The number of hydrogen-bond donors (Lipinski definition) is 1. The third-order valence-corrected chi connectivity index (χ3v) is 3.92. The first-order valence-corrected chi connectivity index (χ1v) is 7.99. The van der Waals surface area contributed by atoms with Crippen LogP contribution in [-0.2, 0) is 0 Å². The van der Waals surface area contributed by atoms with E-state index in [9.17, 15) is 4.79 Å². The number of amides is 1. The molecule has 2 aromatic heterocycles. The van der Waals surface area contributed by atoms with Crippen molar-refractivity contribution < 1.29 is 13.9 Å². The molecule has 0 aliphatic rings. The van der Waals surface area contributed by atoms with E-state index in [1.54, 1.807) is 62.0 Å². The highest BCUT2D eigenvalue weighted by atomic mass is 16.5. The molecular formula is C20H15N3O3. The molecule has 0 spiro atoms. The largest absolute Gasteiger partial charge is 0.497 e. The predicted octanol–water partition coefficient (Wildman–Crippen LogP) is 4.15. The Kier molecular flexibility index (Phi) is 4.07. The van der Waals surface area contributed by atoms with Crippen LogP contribution in [0.3, 0.4) is 0 Å². The van der Waals surface area contributed by atoms with Gasteiger partial charge < -0.3 is 14.5 Å². The van der Waals surface area contributed by atoms with Gasteiger partial charge in [-0.2, -0.15) is 0 Å². The van der Waals surface area contributed by atoms with Gasteiger partial charge in [0.25, 0.3) is 5.91 Å². The zero-order valence-corrected chi connectivity index (χ0v) is 14.0. The predicted molar refractivity (Wildman–Crippen MR) is 98.2 cm³/mol. The second-order valence-electron chi connectivity index (χ2n) is 5.62. The van der Waals surface area contributed by atoms with Crippen LogP contribution < -0.4 is 10.1 Å². The first kappa shape index (κ1) is 15.8. The van der Waals surface area contributed by atoms with Gasteiger partial charge in [0, 0.05) is 29.2 Å². The molecule has 6 nitrogen and oxygen atoms in total. The van der Waals surface area contributed by atoms with Crippen LogP contribution in [0, 0.1) is 0 Å². The number of pyridine rings is 1. The van der Waals surface area contributed by atoms with Crippen molar-refractivity contribution in [3.05, 3.63) is 72.6 Å². The van der Waals surface area contributed by atoms with Crippen LogP contribution in [0.15, 0.2) is 71.4 Å². The maximum absolute atomic E-state index is 12.4. The minimum absolute atomic E-state index is 0.204. The molecule has 1 N–H and O–H groups in total. The SMILES string of the molecule is COc1ccc(C(=O)Nc2ccc3oc(-c4ccncc4)nc3c2)cc1. The monoisotopic (exact) mass is 345 g/mol. The molecule has 0 unspecified atom stereocenters. The Labute approximate surface area is 149 Å². The fraction of sp³-hybridized carbons (Fsp3) is 0.0500. The van der Waals surface area contributed by atoms with Gasteiger partial charge in [-0.1, -0.05) is 0 Å². The minimum atomic E-state index is -0.204. The molecule has 0 radical (unpaired) electrons. The molecule has 1 amide bonds. The summed E-state index contributed by atoms with van der Waals surface area (Å²) in [5.41, 5.74) is 3.36. The van der Waals surface area contributed by atoms with Crippen LogP contribution in [0.5, 0.6) is 5.75 Å². The van der Waals surface area contributed by atoms with Crippen molar-refractivity contribution in [1.82, 2.24) is 9.97 Å². The lowest BCUT2D eigenvalue weighted by atomic mass is 10.2. The first-order chi connectivity index (χ1) is 12.7. The first-order valence-electron chi connectivity index (χ1n) is 7.99. The van der Waals surface area contributed by atoms with Gasteiger partial charge in [0.1, 0.15) is 11.3 Å². The van der Waals surface area contributed by atoms with Crippen LogP contribution >= 0.6 is 0 Å². The highest BCUT2D eigenvalue weighted by Gasteiger charge is 2.11. The number of rotatable bonds is 4. The Balaban J connectivity index is 1.58. The third kappa shape index (κ3) is 3.12. The zero-order chi connectivity index (χ0) is 17.9. The lowest BCUT2D eigenvalue weighted by molar-refractivity contribution is 0.102. The van der Waals surface area contributed by atoms with Crippen LogP contribution in [0.2, 0.25) is 0 Å². The maximum atomic E-state index is 12.4. The molecule has 2 aromatic carbocycles.